The number of aliphatic hydroxyl groups is 3. The molecule has 0 atom stereocenters. The first-order chi connectivity index (χ1) is 4.24. The molecule has 0 fully saturated rings. The van der Waals surface area contributed by atoms with Crippen LogP contribution >= 0.6 is 0 Å². The lowest BCUT2D eigenvalue weighted by Gasteiger charge is -2.20. The first kappa shape index (κ1) is 8.84. The quantitative estimate of drug-likeness (QED) is 0.433. The van der Waals surface area contributed by atoms with E-state index < -0.39 is 25.2 Å². The highest BCUT2D eigenvalue weighted by Gasteiger charge is 2.29. The molecular formula is C5H9O4. The maximum absolute atomic E-state index is 9.92. The van der Waals surface area contributed by atoms with Gasteiger partial charge in [0.2, 0.25) is 0 Å². The maximum atomic E-state index is 9.92. The van der Waals surface area contributed by atoms with Gasteiger partial charge < -0.3 is 15.3 Å². The molecule has 0 saturated heterocycles. The first-order valence-corrected chi connectivity index (χ1v) is 2.46. The van der Waals surface area contributed by atoms with Gasteiger partial charge >= 0.3 is 0 Å². The molecule has 0 amide bonds. The summed E-state index contributed by atoms with van der Waals surface area (Å²) in [6.07, 6.45) is 0. The minimum absolute atomic E-state index is 0.580. The zero-order chi connectivity index (χ0) is 7.33. The average molecular weight is 133 g/mol. The van der Waals surface area contributed by atoms with Crippen LogP contribution in [0.5, 0.6) is 0 Å². The van der Waals surface area contributed by atoms with Crippen LogP contribution in [-0.4, -0.2) is 35.1 Å². The van der Waals surface area contributed by atoms with Crippen molar-refractivity contribution in [3.05, 3.63) is 6.61 Å². The summed E-state index contributed by atoms with van der Waals surface area (Å²) in [6.45, 7) is -0.375. The van der Waals surface area contributed by atoms with Gasteiger partial charge in [-0.05, 0) is 0 Å². The van der Waals surface area contributed by atoms with Gasteiger partial charge in [-0.1, -0.05) is 0 Å². The van der Waals surface area contributed by atoms with Crippen molar-refractivity contribution in [2.75, 3.05) is 19.8 Å². The molecule has 0 aliphatic rings. The van der Waals surface area contributed by atoms with Crippen molar-refractivity contribution < 1.29 is 20.4 Å². The Morgan fingerprint density at radius 3 is 1.44 bits per heavy atom. The minimum Gasteiger partial charge on any atom is -0.395 e. The van der Waals surface area contributed by atoms with Gasteiger partial charge in [0.25, 0.3) is 0 Å². The van der Waals surface area contributed by atoms with Crippen LogP contribution in [0.25, 0.3) is 0 Å². The van der Waals surface area contributed by atoms with Crippen LogP contribution in [-0.2, 0) is 5.11 Å². The van der Waals surface area contributed by atoms with E-state index in [1.165, 1.54) is 6.61 Å². The van der Waals surface area contributed by atoms with E-state index in [9.17, 15) is 5.11 Å². The molecule has 3 radical (unpaired) electrons. The Hall–Kier alpha value is -0.160. The van der Waals surface area contributed by atoms with Gasteiger partial charge in [-0.3, -0.25) is 0 Å². The van der Waals surface area contributed by atoms with E-state index in [4.69, 9.17) is 15.3 Å². The molecule has 0 heterocycles. The predicted octanol–water partition coefficient (Wildman–Crippen LogP) is -1.58. The normalized spacial score (nSPS) is 12.0. The van der Waals surface area contributed by atoms with Gasteiger partial charge in [0.15, 0.2) is 6.61 Å². The SMILES string of the molecule is [O][C]C(CO)(CO)CO. The molecule has 53 valence electrons. The highest BCUT2D eigenvalue weighted by Crippen LogP contribution is 2.16. The molecule has 0 aromatic rings. The average Bonchev–Trinajstić information content (AvgIpc) is 1.95. The molecule has 3 N–H and O–H groups in total. The standard InChI is InChI=1S/C5H9O4/c6-1-5(2-7,3-8)4-9/h6-8H,1-3H2. The fraction of sp³-hybridized carbons (Fsp3) is 0.800. The second-order valence-electron chi connectivity index (χ2n) is 1.86. The summed E-state index contributed by atoms with van der Waals surface area (Å²) in [5.41, 5.74) is -1.47. The van der Waals surface area contributed by atoms with E-state index in [-0.39, 0.29) is 0 Å². The fourth-order valence-electron chi connectivity index (χ4n) is 0.247. The smallest absolute Gasteiger partial charge is 0.187 e. The van der Waals surface area contributed by atoms with E-state index in [1.54, 1.807) is 0 Å². The molecule has 0 rings (SSSR count). The maximum Gasteiger partial charge on any atom is 0.187 e. The molecule has 0 unspecified atom stereocenters. The van der Waals surface area contributed by atoms with Crippen molar-refractivity contribution in [3.8, 4) is 0 Å². The van der Waals surface area contributed by atoms with Crippen LogP contribution in [0.15, 0.2) is 0 Å². The molecule has 0 aliphatic heterocycles. The van der Waals surface area contributed by atoms with Crippen molar-refractivity contribution >= 4 is 0 Å². The summed E-state index contributed by atoms with van der Waals surface area (Å²) in [6, 6.07) is 0. The van der Waals surface area contributed by atoms with E-state index >= 15 is 0 Å². The molecule has 4 nitrogen and oxygen atoms in total. The topological polar surface area (TPSA) is 80.6 Å². The van der Waals surface area contributed by atoms with Crippen LogP contribution in [0, 0.1) is 12.0 Å². The van der Waals surface area contributed by atoms with Gasteiger partial charge in [-0.25, -0.2) is 5.11 Å². The molecule has 0 saturated carbocycles. The van der Waals surface area contributed by atoms with Gasteiger partial charge in [0.05, 0.1) is 25.2 Å². The molecule has 0 spiro atoms. The second-order valence-corrected chi connectivity index (χ2v) is 1.86. The number of hydrogen-bond acceptors (Lipinski definition) is 3. The van der Waals surface area contributed by atoms with E-state index in [0.717, 1.165) is 0 Å². The zero-order valence-corrected chi connectivity index (χ0v) is 4.87. The third-order valence-electron chi connectivity index (χ3n) is 1.12. The second kappa shape index (κ2) is 3.79. The Labute approximate surface area is 53.4 Å². The molecule has 9 heavy (non-hydrogen) atoms. The van der Waals surface area contributed by atoms with Crippen molar-refractivity contribution in [1.29, 1.82) is 0 Å². The van der Waals surface area contributed by atoms with Crippen molar-refractivity contribution in [2.24, 2.45) is 5.41 Å². The highest BCUT2D eigenvalue weighted by molar-refractivity contribution is 4.83. The van der Waals surface area contributed by atoms with Crippen LogP contribution < -0.4 is 0 Å². The monoisotopic (exact) mass is 133 g/mol. The van der Waals surface area contributed by atoms with Gasteiger partial charge in [-0.15, -0.1) is 0 Å². The molecule has 0 bridgehead atoms. The lowest BCUT2D eigenvalue weighted by Crippen LogP contribution is -2.33. The summed E-state index contributed by atoms with van der Waals surface area (Å²) in [5, 5.41) is 35.1. The van der Waals surface area contributed by atoms with Crippen LogP contribution in [0.4, 0.5) is 0 Å². The molecule has 0 aromatic heterocycles. The van der Waals surface area contributed by atoms with Gasteiger partial charge in [-0.2, -0.15) is 0 Å². The number of aliphatic hydroxyl groups excluding tert-OH is 3. The Bertz CT molecular complexity index is 51.8. The van der Waals surface area contributed by atoms with Crippen molar-refractivity contribution in [1.82, 2.24) is 0 Å². The zero-order valence-electron chi connectivity index (χ0n) is 4.87. The van der Waals surface area contributed by atoms with Crippen molar-refractivity contribution in [2.45, 2.75) is 0 Å². The third-order valence-corrected chi connectivity index (χ3v) is 1.12. The highest BCUT2D eigenvalue weighted by atomic mass is 16.3. The molecular weight excluding hydrogens is 124 g/mol. The van der Waals surface area contributed by atoms with E-state index in [2.05, 4.69) is 0 Å². The summed E-state index contributed by atoms with van der Waals surface area (Å²) < 4.78 is 0. The summed E-state index contributed by atoms with van der Waals surface area (Å²) in [5.74, 6) is 0. The Balaban J connectivity index is 3.82. The third kappa shape index (κ3) is 1.91. The molecule has 0 aromatic carbocycles. The number of rotatable bonds is 4. The fourth-order valence-corrected chi connectivity index (χ4v) is 0.247. The molecule has 0 aliphatic carbocycles. The largest absolute Gasteiger partial charge is 0.395 e. The minimum atomic E-state index is -1.47. The Kier molecular flexibility index (Phi) is 3.72. The van der Waals surface area contributed by atoms with Gasteiger partial charge in [0.1, 0.15) is 0 Å². The summed E-state index contributed by atoms with van der Waals surface area (Å²) in [7, 11) is 0. The van der Waals surface area contributed by atoms with Crippen LogP contribution in [0.2, 0.25) is 0 Å². The Morgan fingerprint density at radius 1 is 1.11 bits per heavy atom. The predicted molar refractivity (Wildman–Crippen MR) is 27.6 cm³/mol. The van der Waals surface area contributed by atoms with Crippen molar-refractivity contribution in [3.63, 3.8) is 0 Å². The van der Waals surface area contributed by atoms with Crippen LogP contribution in [0.1, 0.15) is 0 Å². The Morgan fingerprint density at radius 2 is 1.44 bits per heavy atom. The lowest BCUT2D eigenvalue weighted by molar-refractivity contribution is -0.0140. The van der Waals surface area contributed by atoms with E-state index in [0.29, 0.717) is 0 Å². The lowest BCUT2D eigenvalue weighted by atomic mass is 9.93. The number of hydrogen-bond donors (Lipinski definition) is 3. The summed E-state index contributed by atoms with van der Waals surface area (Å²) in [4.78, 5) is 0. The van der Waals surface area contributed by atoms with Crippen LogP contribution in [0.3, 0.4) is 0 Å². The first-order valence-electron chi connectivity index (χ1n) is 2.46. The summed E-state index contributed by atoms with van der Waals surface area (Å²) >= 11 is 0. The van der Waals surface area contributed by atoms with E-state index in [1.807, 2.05) is 0 Å². The molecule has 4 heteroatoms. The van der Waals surface area contributed by atoms with Gasteiger partial charge in [0, 0.05) is 0 Å².